The van der Waals surface area contributed by atoms with E-state index in [0.29, 0.717) is 13.2 Å². The number of aromatic nitrogens is 1. The largest absolute Gasteiger partial charge is 0.493 e. The average Bonchev–Trinajstić information content (AvgIpc) is 3.32. The molecule has 33 heavy (non-hydrogen) atoms. The number of nitrogens with zero attached hydrogens (tertiary/aromatic N) is 1. The molecule has 0 radical (unpaired) electrons. The maximum Gasteiger partial charge on any atom is 0.235 e. The van der Waals surface area contributed by atoms with E-state index in [1.807, 2.05) is 30.3 Å². The lowest BCUT2D eigenvalue weighted by atomic mass is 9.92. The zero-order valence-electron chi connectivity index (χ0n) is 19.5. The number of ether oxygens (including phenoxy) is 1. The fraction of sp³-hybridized carbons (Fsp3) is 0.444. The van der Waals surface area contributed by atoms with E-state index in [2.05, 4.69) is 42.8 Å². The fourth-order valence-electron chi connectivity index (χ4n) is 4.94. The number of nitrogens with one attached hydrogen (secondary N) is 1. The van der Waals surface area contributed by atoms with Gasteiger partial charge in [0.2, 0.25) is 5.91 Å². The standard InChI is InChI=1S/C27H32N2O4.H2/c1-26(2,3)24-14-18-13-20(5-6-22(18)29(24)15-21(31)16-30)28-25(32)27(9-10-27)19-4-7-23-17(12-19)8-11-33-23;/h4-7,12-14,21,30-31H,8-11,15-16H2,1-3H3,(H,28,32);1H/t21-;/m1./s1. The Morgan fingerprint density at radius 3 is 2.70 bits per heavy atom. The molecule has 0 saturated heterocycles. The molecule has 176 valence electrons. The quantitative estimate of drug-likeness (QED) is 0.527. The Bertz CT molecular complexity index is 1220. The molecule has 6 nitrogen and oxygen atoms in total. The summed E-state index contributed by atoms with van der Waals surface area (Å²) in [5.74, 6) is 0.970. The first-order valence-corrected chi connectivity index (χ1v) is 11.7. The third-order valence-corrected chi connectivity index (χ3v) is 6.96. The smallest absolute Gasteiger partial charge is 0.235 e. The Labute approximate surface area is 195 Å². The van der Waals surface area contributed by atoms with Gasteiger partial charge in [0, 0.05) is 35.5 Å². The normalized spacial score (nSPS) is 17.5. The zero-order chi connectivity index (χ0) is 23.4. The Kier molecular flexibility index (Phi) is 5.26. The van der Waals surface area contributed by atoms with Gasteiger partial charge in [0.25, 0.3) is 0 Å². The van der Waals surface area contributed by atoms with Gasteiger partial charge in [-0.1, -0.05) is 32.9 Å². The van der Waals surface area contributed by atoms with E-state index in [0.717, 1.165) is 52.9 Å². The van der Waals surface area contributed by atoms with Crippen molar-refractivity contribution in [2.75, 3.05) is 18.5 Å². The highest BCUT2D eigenvalue weighted by Gasteiger charge is 2.51. The van der Waals surface area contributed by atoms with E-state index in [4.69, 9.17) is 4.74 Å². The first-order valence-electron chi connectivity index (χ1n) is 11.7. The van der Waals surface area contributed by atoms with Crippen LogP contribution >= 0.6 is 0 Å². The Balaban J connectivity index is 0.00000274. The predicted molar refractivity (Wildman–Crippen MR) is 131 cm³/mol. The van der Waals surface area contributed by atoms with Crippen LogP contribution in [0.4, 0.5) is 5.69 Å². The van der Waals surface area contributed by atoms with Crippen LogP contribution < -0.4 is 10.1 Å². The van der Waals surface area contributed by atoms with Crippen molar-refractivity contribution in [1.82, 2.24) is 4.57 Å². The van der Waals surface area contributed by atoms with E-state index in [1.54, 1.807) is 0 Å². The summed E-state index contributed by atoms with van der Waals surface area (Å²) in [7, 11) is 0. The molecule has 2 aliphatic rings. The van der Waals surface area contributed by atoms with Gasteiger partial charge in [0.1, 0.15) is 5.75 Å². The van der Waals surface area contributed by atoms with Crippen LogP contribution in [0.3, 0.4) is 0 Å². The van der Waals surface area contributed by atoms with Crippen LogP contribution in [0.2, 0.25) is 0 Å². The number of hydrogen-bond acceptors (Lipinski definition) is 4. The SMILES string of the molecule is CC(C)(C)c1cc2cc(NC(=O)C3(c4ccc5c(c4)CCO5)CC3)ccc2n1C[C@@H](O)CO.[HH]. The summed E-state index contributed by atoms with van der Waals surface area (Å²) in [5.41, 5.74) is 4.49. The maximum atomic E-state index is 13.3. The van der Waals surface area contributed by atoms with Crippen molar-refractivity contribution in [1.29, 1.82) is 0 Å². The number of hydrogen-bond donors (Lipinski definition) is 3. The van der Waals surface area contributed by atoms with Crippen LogP contribution in [-0.4, -0.2) is 40.0 Å². The average molecular weight is 451 g/mol. The number of anilines is 1. The van der Waals surface area contributed by atoms with E-state index < -0.39 is 11.5 Å². The third-order valence-electron chi connectivity index (χ3n) is 6.96. The minimum Gasteiger partial charge on any atom is -0.493 e. The van der Waals surface area contributed by atoms with Crippen molar-refractivity contribution in [2.45, 2.75) is 63.5 Å². The molecule has 3 N–H and O–H groups in total. The molecule has 3 aromatic rings. The van der Waals surface area contributed by atoms with E-state index in [-0.39, 0.29) is 19.4 Å². The molecule has 1 amide bonds. The van der Waals surface area contributed by atoms with Gasteiger partial charge < -0.3 is 24.8 Å². The van der Waals surface area contributed by atoms with Crippen LogP contribution in [0.25, 0.3) is 10.9 Å². The van der Waals surface area contributed by atoms with Crippen molar-refractivity contribution in [3.8, 4) is 5.75 Å². The summed E-state index contributed by atoms with van der Waals surface area (Å²) in [5, 5.41) is 23.6. The number of aliphatic hydroxyl groups excluding tert-OH is 2. The summed E-state index contributed by atoms with van der Waals surface area (Å²) >= 11 is 0. The van der Waals surface area contributed by atoms with Gasteiger partial charge >= 0.3 is 0 Å². The summed E-state index contributed by atoms with van der Waals surface area (Å²) in [6.07, 6.45) is 1.78. The summed E-state index contributed by atoms with van der Waals surface area (Å²) in [6.45, 7) is 7.14. The maximum absolute atomic E-state index is 13.3. The van der Waals surface area contributed by atoms with Crippen LogP contribution in [0, 0.1) is 0 Å². The van der Waals surface area contributed by atoms with Gasteiger partial charge in [0.05, 0.1) is 31.3 Å². The molecule has 0 unspecified atom stereocenters. The first kappa shape index (κ1) is 22.0. The van der Waals surface area contributed by atoms with Crippen LogP contribution in [0.1, 0.15) is 51.9 Å². The molecule has 1 aliphatic heterocycles. The van der Waals surface area contributed by atoms with Gasteiger partial charge in [-0.25, -0.2) is 0 Å². The second-order valence-electron chi connectivity index (χ2n) is 10.5. The monoisotopic (exact) mass is 450 g/mol. The van der Waals surface area contributed by atoms with E-state index >= 15 is 0 Å². The minimum atomic E-state index is -0.825. The van der Waals surface area contributed by atoms with Crippen molar-refractivity contribution >= 4 is 22.5 Å². The molecular formula is C27H34N2O4. The molecule has 6 heteroatoms. The lowest BCUT2D eigenvalue weighted by Gasteiger charge is -2.23. The number of fused-ring (bicyclic) bond motifs is 2. The molecule has 1 fully saturated rings. The van der Waals surface area contributed by atoms with Gasteiger partial charge in [-0.3, -0.25) is 4.79 Å². The van der Waals surface area contributed by atoms with Crippen molar-refractivity contribution in [2.24, 2.45) is 0 Å². The molecule has 2 aromatic carbocycles. The fourth-order valence-corrected chi connectivity index (χ4v) is 4.94. The summed E-state index contributed by atoms with van der Waals surface area (Å²) in [4.78, 5) is 13.3. The van der Waals surface area contributed by atoms with Crippen molar-refractivity contribution in [3.05, 3.63) is 59.3 Å². The van der Waals surface area contributed by atoms with Crippen molar-refractivity contribution in [3.63, 3.8) is 0 Å². The lowest BCUT2D eigenvalue weighted by molar-refractivity contribution is -0.118. The molecule has 1 atom stereocenters. The van der Waals surface area contributed by atoms with Gasteiger partial charge in [-0.2, -0.15) is 0 Å². The number of carbonyl (C=O) groups is 1. The molecule has 2 heterocycles. The predicted octanol–water partition coefficient (Wildman–Crippen LogP) is 4.14. The van der Waals surface area contributed by atoms with Crippen molar-refractivity contribution < 1.29 is 21.2 Å². The highest BCUT2D eigenvalue weighted by Crippen LogP contribution is 2.50. The summed E-state index contributed by atoms with van der Waals surface area (Å²) in [6, 6.07) is 14.2. The molecule has 5 rings (SSSR count). The second-order valence-corrected chi connectivity index (χ2v) is 10.5. The highest BCUT2D eigenvalue weighted by atomic mass is 16.5. The topological polar surface area (TPSA) is 83.7 Å². The van der Waals surface area contributed by atoms with Gasteiger partial charge in [0.15, 0.2) is 0 Å². The number of aliphatic hydroxyl groups is 2. The Morgan fingerprint density at radius 2 is 2.00 bits per heavy atom. The molecule has 0 spiro atoms. The zero-order valence-corrected chi connectivity index (χ0v) is 19.5. The second kappa shape index (κ2) is 7.89. The lowest BCUT2D eigenvalue weighted by Crippen LogP contribution is -2.27. The van der Waals surface area contributed by atoms with E-state index in [9.17, 15) is 15.0 Å². The molecule has 1 aliphatic carbocycles. The minimum absolute atomic E-state index is 0. The number of rotatable bonds is 6. The van der Waals surface area contributed by atoms with Gasteiger partial charge in [-0.15, -0.1) is 0 Å². The highest BCUT2D eigenvalue weighted by molar-refractivity contribution is 6.02. The third kappa shape index (κ3) is 3.91. The molecule has 1 saturated carbocycles. The van der Waals surface area contributed by atoms with Gasteiger partial charge in [-0.05, 0) is 54.3 Å². The molecular weight excluding hydrogens is 416 g/mol. The Hall–Kier alpha value is -2.83. The Morgan fingerprint density at radius 1 is 1.21 bits per heavy atom. The van der Waals surface area contributed by atoms with Crippen LogP contribution in [0.5, 0.6) is 5.75 Å². The molecule has 0 bridgehead atoms. The number of amides is 1. The summed E-state index contributed by atoms with van der Waals surface area (Å²) < 4.78 is 7.68. The van der Waals surface area contributed by atoms with E-state index in [1.165, 1.54) is 5.56 Å². The number of benzene rings is 2. The first-order chi connectivity index (χ1) is 15.7. The van der Waals surface area contributed by atoms with Crippen LogP contribution in [-0.2, 0) is 28.6 Å². The van der Waals surface area contributed by atoms with Crippen LogP contribution in [0.15, 0.2) is 42.5 Å². The number of carbonyl (C=O) groups excluding carboxylic acids is 1. The molecule has 1 aromatic heterocycles.